The molecule has 3 aromatic heterocycles. The fraction of sp³-hybridized carbons (Fsp3) is 0.250. The molecule has 2 amide bonds. The van der Waals surface area contributed by atoms with Gasteiger partial charge in [0.1, 0.15) is 5.82 Å². The lowest BCUT2D eigenvalue weighted by molar-refractivity contribution is 0.208. The van der Waals surface area contributed by atoms with Crippen molar-refractivity contribution < 1.29 is 9.21 Å². The molecule has 1 aliphatic rings. The fourth-order valence-electron chi connectivity index (χ4n) is 2.62. The maximum absolute atomic E-state index is 12.4. The first-order valence-electron chi connectivity index (χ1n) is 7.89. The minimum absolute atomic E-state index is 0.164. The minimum Gasteiger partial charge on any atom is -0.462 e. The number of anilines is 2. The zero-order valence-electron chi connectivity index (χ0n) is 13.3. The second-order valence-electron chi connectivity index (χ2n) is 5.48. The molecule has 9 heteroatoms. The van der Waals surface area contributed by atoms with Gasteiger partial charge in [-0.25, -0.2) is 9.78 Å². The number of aromatic nitrogens is 3. The van der Waals surface area contributed by atoms with Crippen LogP contribution in [0.2, 0.25) is 0 Å². The monoisotopic (exact) mass is 356 g/mol. The predicted octanol–water partition coefficient (Wildman–Crippen LogP) is 2.55. The third-order valence-electron chi connectivity index (χ3n) is 3.91. The van der Waals surface area contributed by atoms with Gasteiger partial charge in [0.05, 0.1) is 6.26 Å². The average Bonchev–Trinajstić information content (AvgIpc) is 3.34. The summed E-state index contributed by atoms with van der Waals surface area (Å²) in [5, 5.41) is 11.9. The summed E-state index contributed by atoms with van der Waals surface area (Å²) in [5.41, 5.74) is 0. The summed E-state index contributed by atoms with van der Waals surface area (Å²) in [6.45, 7) is 2.76. The zero-order chi connectivity index (χ0) is 17.1. The normalized spacial score (nSPS) is 14.6. The summed E-state index contributed by atoms with van der Waals surface area (Å²) in [4.78, 5) is 20.7. The Morgan fingerprint density at radius 2 is 2.00 bits per heavy atom. The number of pyridine rings is 1. The van der Waals surface area contributed by atoms with Crippen molar-refractivity contribution in [2.24, 2.45) is 0 Å². The number of urea groups is 1. The first-order valence-corrected chi connectivity index (χ1v) is 8.70. The minimum atomic E-state index is -0.164. The Morgan fingerprint density at radius 1 is 1.12 bits per heavy atom. The van der Waals surface area contributed by atoms with Crippen molar-refractivity contribution >= 4 is 28.3 Å². The van der Waals surface area contributed by atoms with Gasteiger partial charge in [0, 0.05) is 32.4 Å². The molecule has 0 unspecified atom stereocenters. The molecule has 3 aromatic rings. The molecule has 0 spiro atoms. The maximum Gasteiger partial charge on any atom is 0.323 e. The van der Waals surface area contributed by atoms with Gasteiger partial charge in [0.15, 0.2) is 10.8 Å². The summed E-state index contributed by atoms with van der Waals surface area (Å²) < 4.78 is 5.28. The van der Waals surface area contributed by atoms with Gasteiger partial charge in [0.2, 0.25) is 5.13 Å². The van der Waals surface area contributed by atoms with Crippen LogP contribution in [0.25, 0.3) is 10.8 Å². The van der Waals surface area contributed by atoms with Crippen LogP contribution in [0.1, 0.15) is 0 Å². The van der Waals surface area contributed by atoms with Gasteiger partial charge in [-0.2, -0.15) is 0 Å². The number of hydrogen-bond donors (Lipinski definition) is 1. The molecule has 0 radical (unpaired) electrons. The molecule has 25 heavy (non-hydrogen) atoms. The predicted molar refractivity (Wildman–Crippen MR) is 94.7 cm³/mol. The van der Waals surface area contributed by atoms with Gasteiger partial charge in [-0.1, -0.05) is 17.4 Å². The number of nitrogens with one attached hydrogen (secondary N) is 1. The second kappa shape index (κ2) is 6.89. The Morgan fingerprint density at radius 3 is 2.72 bits per heavy atom. The number of piperazine rings is 1. The van der Waals surface area contributed by atoms with Crippen LogP contribution in [-0.4, -0.2) is 52.3 Å². The van der Waals surface area contributed by atoms with E-state index in [9.17, 15) is 4.79 Å². The molecule has 4 heterocycles. The topological polar surface area (TPSA) is 87.4 Å². The fourth-order valence-corrected chi connectivity index (χ4v) is 3.33. The molecule has 0 aliphatic carbocycles. The number of nitrogens with zero attached hydrogens (tertiary/aromatic N) is 5. The van der Waals surface area contributed by atoms with Crippen molar-refractivity contribution in [1.29, 1.82) is 0 Å². The molecule has 1 N–H and O–H groups in total. The molecule has 1 saturated heterocycles. The highest BCUT2D eigenvalue weighted by molar-refractivity contribution is 7.18. The van der Waals surface area contributed by atoms with E-state index in [0.29, 0.717) is 29.0 Å². The molecular formula is C16H16N6O2S. The molecule has 0 saturated carbocycles. The van der Waals surface area contributed by atoms with E-state index in [1.807, 2.05) is 24.3 Å². The van der Waals surface area contributed by atoms with Crippen LogP contribution in [0.5, 0.6) is 0 Å². The number of carbonyl (C=O) groups excluding carboxylic acids is 1. The molecule has 128 valence electrons. The highest BCUT2D eigenvalue weighted by Gasteiger charge is 2.22. The highest BCUT2D eigenvalue weighted by Crippen LogP contribution is 2.26. The zero-order valence-corrected chi connectivity index (χ0v) is 14.1. The Hall–Kier alpha value is -2.94. The summed E-state index contributed by atoms with van der Waals surface area (Å²) in [5.74, 6) is 1.58. The molecule has 4 rings (SSSR count). The number of carbonyl (C=O) groups is 1. The average molecular weight is 356 g/mol. The second-order valence-corrected chi connectivity index (χ2v) is 6.46. The van der Waals surface area contributed by atoms with Crippen LogP contribution in [0.4, 0.5) is 15.7 Å². The number of rotatable bonds is 3. The summed E-state index contributed by atoms with van der Waals surface area (Å²) in [7, 11) is 0. The van der Waals surface area contributed by atoms with Gasteiger partial charge in [0.25, 0.3) is 0 Å². The van der Waals surface area contributed by atoms with Crippen molar-refractivity contribution in [2.45, 2.75) is 0 Å². The van der Waals surface area contributed by atoms with E-state index in [-0.39, 0.29) is 6.03 Å². The quantitative estimate of drug-likeness (QED) is 0.776. The van der Waals surface area contributed by atoms with E-state index in [1.54, 1.807) is 23.4 Å². The van der Waals surface area contributed by atoms with Crippen molar-refractivity contribution in [1.82, 2.24) is 20.1 Å². The van der Waals surface area contributed by atoms with Crippen molar-refractivity contribution in [2.75, 3.05) is 36.4 Å². The summed E-state index contributed by atoms with van der Waals surface area (Å²) in [6, 6.07) is 9.27. The largest absolute Gasteiger partial charge is 0.462 e. The van der Waals surface area contributed by atoms with Crippen molar-refractivity contribution in [3.63, 3.8) is 0 Å². The molecular weight excluding hydrogens is 340 g/mol. The Bertz CT molecular complexity index is 827. The van der Waals surface area contributed by atoms with Gasteiger partial charge in [-0.05, 0) is 24.3 Å². The van der Waals surface area contributed by atoms with Gasteiger partial charge < -0.3 is 14.2 Å². The van der Waals surface area contributed by atoms with E-state index < -0.39 is 0 Å². The highest BCUT2D eigenvalue weighted by atomic mass is 32.1. The van der Waals surface area contributed by atoms with Gasteiger partial charge in [-0.3, -0.25) is 5.32 Å². The Labute approximate surface area is 148 Å². The standard InChI is InChI=1S/C16H16N6O2S/c23-16(18-15-20-19-14(25-15)12-4-3-11-24-12)22-9-7-21(8-10-22)13-5-1-2-6-17-13/h1-6,11H,7-10H2,(H,18,20,23). The van der Waals surface area contributed by atoms with Crippen LogP contribution >= 0.6 is 11.3 Å². The summed E-state index contributed by atoms with van der Waals surface area (Å²) in [6.07, 6.45) is 3.36. The van der Waals surface area contributed by atoms with E-state index in [0.717, 1.165) is 18.9 Å². The van der Waals surface area contributed by atoms with E-state index in [2.05, 4.69) is 25.4 Å². The lowest BCUT2D eigenvalue weighted by atomic mass is 10.3. The van der Waals surface area contributed by atoms with E-state index >= 15 is 0 Å². The number of amides is 2. The molecule has 0 aromatic carbocycles. The summed E-state index contributed by atoms with van der Waals surface area (Å²) >= 11 is 1.29. The molecule has 1 aliphatic heterocycles. The molecule has 0 bridgehead atoms. The smallest absolute Gasteiger partial charge is 0.323 e. The van der Waals surface area contributed by atoms with E-state index in [4.69, 9.17) is 4.42 Å². The van der Waals surface area contributed by atoms with Crippen LogP contribution in [-0.2, 0) is 0 Å². The molecule has 0 atom stereocenters. The maximum atomic E-state index is 12.4. The van der Waals surface area contributed by atoms with Gasteiger partial charge >= 0.3 is 6.03 Å². The lowest BCUT2D eigenvalue weighted by Gasteiger charge is -2.35. The first kappa shape index (κ1) is 15.6. The third kappa shape index (κ3) is 3.45. The van der Waals surface area contributed by atoms with Crippen molar-refractivity contribution in [3.8, 4) is 10.8 Å². The number of furan rings is 1. The lowest BCUT2D eigenvalue weighted by Crippen LogP contribution is -2.50. The first-order chi connectivity index (χ1) is 12.3. The van der Waals surface area contributed by atoms with E-state index in [1.165, 1.54) is 11.3 Å². The van der Waals surface area contributed by atoms with Crippen LogP contribution in [0.3, 0.4) is 0 Å². The van der Waals surface area contributed by atoms with Crippen LogP contribution in [0, 0.1) is 0 Å². The van der Waals surface area contributed by atoms with Crippen molar-refractivity contribution in [3.05, 3.63) is 42.8 Å². The van der Waals surface area contributed by atoms with Gasteiger partial charge in [-0.15, -0.1) is 10.2 Å². The molecule has 8 nitrogen and oxygen atoms in total. The Kier molecular flexibility index (Phi) is 4.30. The van der Waals surface area contributed by atoms with Crippen LogP contribution in [0.15, 0.2) is 47.2 Å². The SMILES string of the molecule is O=C(Nc1nnc(-c2ccco2)s1)N1CCN(c2ccccn2)CC1. The molecule has 1 fully saturated rings. The third-order valence-corrected chi connectivity index (χ3v) is 4.76. The number of hydrogen-bond acceptors (Lipinski definition) is 7. The Balaban J connectivity index is 1.34. The van der Waals surface area contributed by atoms with Crippen LogP contribution < -0.4 is 10.2 Å².